The molecule has 0 aromatic rings. The van der Waals surface area contributed by atoms with Gasteiger partial charge in [0.25, 0.3) is 0 Å². The highest BCUT2D eigenvalue weighted by Crippen LogP contribution is 2.11. The first-order valence-electron chi connectivity index (χ1n) is 9.25. The van der Waals surface area contributed by atoms with Crippen LogP contribution >= 0.6 is 0 Å². The number of carbonyl (C=O) groups excluding carboxylic acids is 4. The maximum Gasteiger partial charge on any atom is 0.408 e. The van der Waals surface area contributed by atoms with E-state index >= 15 is 0 Å². The molecule has 1 atom stereocenters. The Bertz CT molecular complexity index is 557. The molecule has 0 aliphatic heterocycles. The van der Waals surface area contributed by atoms with Crippen LogP contribution in [0.5, 0.6) is 0 Å². The van der Waals surface area contributed by atoms with Crippen molar-refractivity contribution in [1.29, 1.82) is 0 Å². The SMILES string of the molecule is CCOC(=O)CCC(C=C(C(=O)OCC)C(=O)OCC)NC(=O)OC(C)(C)C. The Labute approximate surface area is 165 Å². The van der Waals surface area contributed by atoms with Gasteiger partial charge in [-0.1, -0.05) is 0 Å². The maximum absolute atomic E-state index is 12.1. The van der Waals surface area contributed by atoms with Crippen LogP contribution in [0.2, 0.25) is 0 Å². The molecular weight excluding hydrogens is 370 g/mol. The molecule has 0 saturated carbocycles. The van der Waals surface area contributed by atoms with E-state index in [2.05, 4.69) is 5.32 Å². The van der Waals surface area contributed by atoms with Crippen LogP contribution in [0.4, 0.5) is 4.79 Å². The zero-order valence-electron chi connectivity index (χ0n) is 17.5. The molecule has 0 rings (SSSR count). The van der Waals surface area contributed by atoms with Gasteiger partial charge in [0, 0.05) is 6.42 Å². The van der Waals surface area contributed by atoms with Gasteiger partial charge in [0.05, 0.1) is 25.9 Å². The summed E-state index contributed by atoms with van der Waals surface area (Å²) in [4.78, 5) is 48.0. The molecule has 1 N–H and O–H groups in total. The normalized spacial score (nSPS) is 11.6. The lowest BCUT2D eigenvalue weighted by atomic mass is 10.1. The molecule has 0 radical (unpaired) electrons. The molecule has 0 aliphatic carbocycles. The topological polar surface area (TPSA) is 117 Å². The van der Waals surface area contributed by atoms with Crippen LogP contribution in [-0.4, -0.2) is 55.5 Å². The molecule has 0 aromatic carbocycles. The van der Waals surface area contributed by atoms with Gasteiger partial charge in [-0.25, -0.2) is 14.4 Å². The number of amides is 1. The zero-order chi connectivity index (χ0) is 21.7. The van der Waals surface area contributed by atoms with Crippen molar-refractivity contribution in [3.8, 4) is 0 Å². The molecule has 1 amide bonds. The zero-order valence-corrected chi connectivity index (χ0v) is 17.5. The van der Waals surface area contributed by atoms with Gasteiger partial charge in [-0.05, 0) is 54.0 Å². The van der Waals surface area contributed by atoms with E-state index in [9.17, 15) is 19.2 Å². The summed E-state index contributed by atoms with van der Waals surface area (Å²) in [6, 6.07) is -0.858. The minimum Gasteiger partial charge on any atom is -0.466 e. The Hall–Kier alpha value is -2.58. The first kappa shape index (κ1) is 25.4. The third kappa shape index (κ3) is 11.2. The second-order valence-corrected chi connectivity index (χ2v) is 6.62. The van der Waals surface area contributed by atoms with Crippen molar-refractivity contribution in [2.24, 2.45) is 0 Å². The fourth-order valence-electron chi connectivity index (χ4n) is 2.00. The number of nitrogens with one attached hydrogen (secondary N) is 1. The van der Waals surface area contributed by atoms with Gasteiger partial charge in [-0.2, -0.15) is 0 Å². The number of rotatable bonds is 10. The third-order valence-electron chi connectivity index (χ3n) is 3.03. The van der Waals surface area contributed by atoms with Crippen molar-refractivity contribution in [3.63, 3.8) is 0 Å². The fourth-order valence-corrected chi connectivity index (χ4v) is 2.00. The summed E-state index contributed by atoms with van der Waals surface area (Å²) in [5.41, 5.74) is -1.11. The maximum atomic E-state index is 12.1. The highest BCUT2D eigenvalue weighted by Gasteiger charge is 2.25. The second-order valence-electron chi connectivity index (χ2n) is 6.62. The van der Waals surface area contributed by atoms with E-state index in [-0.39, 0.29) is 38.2 Å². The highest BCUT2D eigenvalue weighted by atomic mass is 16.6. The minimum absolute atomic E-state index is 0.0380. The van der Waals surface area contributed by atoms with Gasteiger partial charge in [-0.3, -0.25) is 4.79 Å². The lowest BCUT2D eigenvalue weighted by molar-refractivity contribution is -0.146. The molecule has 0 aromatic heterocycles. The monoisotopic (exact) mass is 401 g/mol. The van der Waals surface area contributed by atoms with Crippen LogP contribution < -0.4 is 5.32 Å². The lowest BCUT2D eigenvalue weighted by Crippen LogP contribution is -2.39. The molecule has 0 spiro atoms. The summed E-state index contributed by atoms with van der Waals surface area (Å²) in [5.74, 6) is -2.23. The quantitative estimate of drug-likeness (QED) is 0.195. The number of ether oxygens (including phenoxy) is 4. The van der Waals surface area contributed by atoms with Gasteiger partial charge >= 0.3 is 24.0 Å². The molecule has 28 heavy (non-hydrogen) atoms. The van der Waals surface area contributed by atoms with Crippen molar-refractivity contribution in [1.82, 2.24) is 5.32 Å². The summed E-state index contributed by atoms with van der Waals surface area (Å²) in [6.07, 6.45) is 0.494. The number of hydrogen-bond donors (Lipinski definition) is 1. The standard InChI is InChI=1S/C19H31NO8/c1-7-25-15(21)11-10-13(20-18(24)28-19(4,5)6)12-14(16(22)26-8-2)17(23)27-9-3/h12-13H,7-11H2,1-6H3,(H,20,24). The number of carbonyl (C=O) groups is 4. The smallest absolute Gasteiger partial charge is 0.408 e. The second kappa shape index (κ2) is 12.7. The Morgan fingerprint density at radius 2 is 1.39 bits per heavy atom. The van der Waals surface area contributed by atoms with Crippen LogP contribution in [-0.2, 0) is 33.3 Å². The van der Waals surface area contributed by atoms with E-state index in [1.807, 2.05) is 0 Å². The molecule has 160 valence electrons. The Balaban J connectivity index is 5.56. The third-order valence-corrected chi connectivity index (χ3v) is 3.03. The first-order chi connectivity index (χ1) is 13.0. The van der Waals surface area contributed by atoms with Crippen molar-refractivity contribution in [2.45, 2.75) is 66.0 Å². The highest BCUT2D eigenvalue weighted by molar-refractivity contribution is 6.14. The van der Waals surface area contributed by atoms with E-state index in [0.717, 1.165) is 0 Å². The summed E-state index contributed by atoms with van der Waals surface area (Å²) < 4.78 is 19.8. The van der Waals surface area contributed by atoms with Gasteiger partial charge in [0.15, 0.2) is 0 Å². The average Bonchev–Trinajstić information content (AvgIpc) is 2.56. The number of alkyl carbamates (subject to hydrolysis) is 1. The van der Waals surface area contributed by atoms with Gasteiger partial charge in [0.1, 0.15) is 11.2 Å². The van der Waals surface area contributed by atoms with Crippen LogP contribution in [0.25, 0.3) is 0 Å². The average molecular weight is 401 g/mol. The van der Waals surface area contributed by atoms with Gasteiger partial charge in [-0.15, -0.1) is 0 Å². The van der Waals surface area contributed by atoms with Crippen LogP contribution in [0.1, 0.15) is 54.4 Å². The van der Waals surface area contributed by atoms with Crippen molar-refractivity contribution >= 4 is 24.0 Å². The fraction of sp³-hybridized carbons (Fsp3) is 0.684. The molecule has 0 aliphatic rings. The predicted molar refractivity (Wildman–Crippen MR) is 100 cm³/mol. The summed E-state index contributed by atoms with van der Waals surface area (Å²) in [5, 5.41) is 2.53. The van der Waals surface area contributed by atoms with Crippen molar-refractivity contribution < 1.29 is 38.1 Å². The van der Waals surface area contributed by atoms with E-state index in [1.54, 1.807) is 41.5 Å². The van der Waals surface area contributed by atoms with Gasteiger partial charge < -0.3 is 24.3 Å². The largest absolute Gasteiger partial charge is 0.466 e. The molecule has 9 heteroatoms. The molecule has 0 fully saturated rings. The predicted octanol–water partition coefficient (Wildman–Crippen LogP) is 2.28. The van der Waals surface area contributed by atoms with Crippen LogP contribution in [0.3, 0.4) is 0 Å². The van der Waals surface area contributed by atoms with E-state index in [1.165, 1.54) is 6.08 Å². The molecule has 1 unspecified atom stereocenters. The molecular formula is C19H31NO8. The molecule has 0 bridgehead atoms. The van der Waals surface area contributed by atoms with E-state index < -0.39 is 35.6 Å². The number of esters is 3. The molecule has 0 heterocycles. The lowest BCUT2D eigenvalue weighted by Gasteiger charge is -2.22. The first-order valence-corrected chi connectivity index (χ1v) is 9.25. The van der Waals surface area contributed by atoms with E-state index in [4.69, 9.17) is 18.9 Å². The molecule has 0 saturated heterocycles. The Morgan fingerprint density at radius 3 is 1.82 bits per heavy atom. The van der Waals surface area contributed by atoms with E-state index in [0.29, 0.717) is 0 Å². The minimum atomic E-state index is -0.881. The summed E-state index contributed by atoms with van der Waals surface area (Å²) in [7, 11) is 0. The van der Waals surface area contributed by atoms with Crippen molar-refractivity contribution in [3.05, 3.63) is 11.6 Å². The summed E-state index contributed by atoms with van der Waals surface area (Å²) in [6.45, 7) is 10.3. The Kier molecular flexibility index (Phi) is 11.6. The Morgan fingerprint density at radius 1 is 0.893 bits per heavy atom. The van der Waals surface area contributed by atoms with Crippen molar-refractivity contribution in [2.75, 3.05) is 19.8 Å². The van der Waals surface area contributed by atoms with Crippen LogP contribution in [0, 0.1) is 0 Å². The van der Waals surface area contributed by atoms with Crippen LogP contribution in [0.15, 0.2) is 11.6 Å². The van der Waals surface area contributed by atoms with Gasteiger partial charge in [0.2, 0.25) is 0 Å². The number of hydrogen-bond acceptors (Lipinski definition) is 8. The summed E-state index contributed by atoms with van der Waals surface area (Å²) >= 11 is 0. The molecule has 9 nitrogen and oxygen atoms in total.